The van der Waals surface area contributed by atoms with Crippen LogP contribution in [0.4, 0.5) is 0 Å². The zero-order valence-electron chi connectivity index (χ0n) is 10.9. The largest absolute Gasteiger partial charge is 0.465 e. The molecule has 0 aliphatic heterocycles. The van der Waals surface area contributed by atoms with Crippen LogP contribution in [-0.4, -0.2) is 23.6 Å². The topological polar surface area (TPSA) is 64.4 Å². The van der Waals surface area contributed by atoms with Crippen LogP contribution in [0, 0.1) is 13.8 Å². The van der Waals surface area contributed by atoms with Gasteiger partial charge in [-0.05, 0) is 27.2 Å². The van der Waals surface area contributed by atoms with Gasteiger partial charge in [-0.2, -0.15) is 0 Å². The van der Waals surface area contributed by atoms with Gasteiger partial charge in [0.05, 0.1) is 18.8 Å². The predicted molar refractivity (Wildman–Crippen MR) is 63.5 cm³/mol. The summed E-state index contributed by atoms with van der Waals surface area (Å²) in [6.45, 7) is 8.33. The van der Waals surface area contributed by atoms with E-state index in [0.29, 0.717) is 25.5 Å². The molecule has 17 heavy (non-hydrogen) atoms. The Balaban J connectivity index is 2.50. The molecule has 1 aromatic heterocycles. The molecule has 0 aliphatic rings. The molecular weight excluding hydrogens is 220 g/mol. The molecule has 5 nitrogen and oxygen atoms in total. The second-order valence-electron chi connectivity index (χ2n) is 3.84. The maximum atomic E-state index is 11.5. The molecule has 0 spiro atoms. The Bertz CT molecular complexity index is 354. The van der Waals surface area contributed by atoms with Gasteiger partial charge in [0.25, 0.3) is 0 Å². The van der Waals surface area contributed by atoms with Crippen LogP contribution in [0.2, 0.25) is 0 Å². The van der Waals surface area contributed by atoms with Gasteiger partial charge in [0.15, 0.2) is 0 Å². The van der Waals surface area contributed by atoms with Gasteiger partial charge >= 0.3 is 5.97 Å². The van der Waals surface area contributed by atoms with E-state index in [0.717, 1.165) is 11.5 Å². The van der Waals surface area contributed by atoms with Crippen molar-refractivity contribution >= 4 is 5.97 Å². The van der Waals surface area contributed by atoms with Crippen LogP contribution < -0.4 is 5.32 Å². The second kappa shape index (κ2) is 6.39. The van der Waals surface area contributed by atoms with Crippen molar-refractivity contribution < 1.29 is 13.9 Å². The molecule has 0 radical (unpaired) electrons. The lowest BCUT2D eigenvalue weighted by Gasteiger charge is -2.13. The Hall–Kier alpha value is -1.36. The average Bonchev–Trinajstić information content (AvgIpc) is 2.59. The van der Waals surface area contributed by atoms with E-state index in [1.807, 2.05) is 20.8 Å². The standard InChI is InChI=1S/C12H20N2O3/c1-5-10(12(15)16-6-2)13-7-11-14-8(3)9(4)17-11/h10,13H,5-7H2,1-4H3. The fourth-order valence-electron chi connectivity index (χ4n) is 1.46. The van der Waals surface area contributed by atoms with Gasteiger partial charge in [0, 0.05) is 0 Å². The molecule has 1 heterocycles. The number of carbonyl (C=O) groups excluding carboxylic acids is 1. The third kappa shape index (κ3) is 3.85. The molecule has 0 aliphatic carbocycles. The third-order valence-corrected chi connectivity index (χ3v) is 2.55. The van der Waals surface area contributed by atoms with Crippen molar-refractivity contribution in [3.8, 4) is 0 Å². The van der Waals surface area contributed by atoms with Crippen molar-refractivity contribution in [1.82, 2.24) is 10.3 Å². The second-order valence-corrected chi connectivity index (χ2v) is 3.84. The van der Waals surface area contributed by atoms with E-state index in [9.17, 15) is 4.79 Å². The van der Waals surface area contributed by atoms with Crippen LogP contribution in [0.25, 0.3) is 0 Å². The minimum absolute atomic E-state index is 0.227. The lowest BCUT2D eigenvalue weighted by Crippen LogP contribution is -2.37. The molecule has 1 atom stereocenters. The van der Waals surface area contributed by atoms with E-state index < -0.39 is 0 Å². The molecule has 0 saturated heterocycles. The van der Waals surface area contributed by atoms with E-state index in [4.69, 9.17) is 9.15 Å². The summed E-state index contributed by atoms with van der Waals surface area (Å²) in [6, 6.07) is -0.303. The highest BCUT2D eigenvalue weighted by atomic mass is 16.5. The maximum Gasteiger partial charge on any atom is 0.323 e. The Labute approximate surface area is 102 Å². The molecule has 0 amide bonds. The summed E-state index contributed by atoms with van der Waals surface area (Å²) >= 11 is 0. The van der Waals surface area contributed by atoms with Crippen molar-refractivity contribution in [2.75, 3.05) is 6.61 Å². The van der Waals surface area contributed by atoms with Gasteiger partial charge in [0.1, 0.15) is 11.8 Å². The Morgan fingerprint density at radius 2 is 2.18 bits per heavy atom. The summed E-state index contributed by atoms with van der Waals surface area (Å²) in [7, 11) is 0. The highest BCUT2D eigenvalue weighted by Gasteiger charge is 2.17. The van der Waals surface area contributed by atoms with E-state index in [1.165, 1.54) is 0 Å². The number of aromatic nitrogens is 1. The van der Waals surface area contributed by atoms with Gasteiger partial charge < -0.3 is 9.15 Å². The molecule has 5 heteroatoms. The van der Waals surface area contributed by atoms with E-state index >= 15 is 0 Å². The minimum atomic E-state index is -0.303. The highest BCUT2D eigenvalue weighted by molar-refractivity contribution is 5.75. The van der Waals surface area contributed by atoms with Crippen molar-refractivity contribution in [2.45, 2.75) is 46.7 Å². The Morgan fingerprint density at radius 1 is 1.47 bits per heavy atom. The van der Waals surface area contributed by atoms with E-state index in [-0.39, 0.29) is 12.0 Å². The fraction of sp³-hybridized carbons (Fsp3) is 0.667. The summed E-state index contributed by atoms with van der Waals surface area (Å²) in [5.41, 5.74) is 0.881. The number of carbonyl (C=O) groups is 1. The number of ether oxygens (including phenoxy) is 1. The minimum Gasteiger partial charge on any atom is -0.465 e. The molecule has 1 rings (SSSR count). The zero-order chi connectivity index (χ0) is 12.8. The first-order chi connectivity index (χ1) is 8.08. The van der Waals surface area contributed by atoms with Crippen LogP contribution in [0.1, 0.15) is 37.6 Å². The number of oxazole rings is 1. The SMILES string of the molecule is CCOC(=O)C(CC)NCc1nc(C)c(C)o1. The first-order valence-electron chi connectivity index (χ1n) is 5.91. The number of esters is 1. The molecule has 1 N–H and O–H groups in total. The van der Waals surface area contributed by atoms with Gasteiger partial charge in [-0.15, -0.1) is 0 Å². The summed E-state index contributed by atoms with van der Waals surface area (Å²) in [6.07, 6.45) is 0.678. The van der Waals surface area contributed by atoms with Gasteiger partial charge in [0.2, 0.25) is 5.89 Å². The number of nitrogens with zero attached hydrogens (tertiary/aromatic N) is 1. The van der Waals surface area contributed by atoms with Crippen molar-refractivity contribution in [1.29, 1.82) is 0 Å². The lowest BCUT2D eigenvalue weighted by molar-refractivity contribution is -0.145. The summed E-state index contributed by atoms with van der Waals surface area (Å²) in [5, 5.41) is 3.08. The van der Waals surface area contributed by atoms with Crippen LogP contribution in [-0.2, 0) is 16.1 Å². The van der Waals surface area contributed by atoms with Gasteiger partial charge in [-0.1, -0.05) is 6.92 Å². The van der Waals surface area contributed by atoms with Crippen molar-refractivity contribution in [3.63, 3.8) is 0 Å². The number of hydrogen-bond donors (Lipinski definition) is 1. The smallest absolute Gasteiger partial charge is 0.323 e. The Kier molecular flexibility index (Phi) is 5.15. The van der Waals surface area contributed by atoms with Crippen molar-refractivity contribution in [2.24, 2.45) is 0 Å². The third-order valence-electron chi connectivity index (χ3n) is 2.55. The van der Waals surface area contributed by atoms with E-state index in [1.54, 1.807) is 6.92 Å². The molecule has 0 aromatic carbocycles. The molecule has 1 unspecified atom stereocenters. The first-order valence-corrected chi connectivity index (χ1v) is 5.91. The van der Waals surface area contributed by atoms with Gasteiger partial charge in [-0.3, -0.25) is 10.1 Å². The van der Waals surface area contributed by atoms with Crippen LogP contribution in [0.15, 0.2) is 4.42 Å². The molecule has 96 valence electrons. The monoisotopic (exact) mass is 240 g/mol. The molecule has 0 fully saturated rings. The normalized spacial score (nSPS) is 12.5. The quantitative estimate of drug-likeness (QED) is 0.767. The van der Waals surface area contributed by atoms with E-state index in [2.05, 4.69) is 10.3 Å². The number of hydrogen-bond acceptors (Lipinski definition) is 5. The van der Waals surface area contributed by atoms with Crippen LogP contribution in [0.3, 0.4) is 0 Å². The lowest BCUT2D eigenvalue weighted by atomic mass is 10.2. The Morgan fingerprint density at radius 3 is 2.65 bits per heavy atom. The zero-order valence-corrected chi connectivity index (χ0v) is 10.9. The summed E-state index contributed by atoms with van der Waals surface area (Å²) < 4.78 is 10.4. The maximum absolute atomic E-state index is 11.5. The molecular formula is C12H20N2O3. The number of nitrogens with one attached hydrogen (secondary N) is 1. The fourth-order valence-corrected chi connectivity index (χ4v) is 1.46. The highest BCUT2D eigenvalue weighted by Crippen LogP contribution is 2.08. The predicted octanol–water partition coefficient (Wildman–Crippen LogP) is 1.72. The van der Waals surface area contributed by atoms with Gasteiger partial charge in [-0.25, -0.2) is 4.98 Å². The van der Waals surface area contributed by atoms with Crippen LogP contribution in [0.5, 0.6) is 0 Å². The van der Waals surface area contributed by atoms with Crippen molar-refractivity contribution in [3.05, 3.63) is 17.3 Å². The molecule has 1 aromatic rings. The summed E-state index contributed by atoms with van der Waals surface area (Å²) in [5.74, 6) is 1.18. The average molecular weight is 240 g/mol. The number of aryl methyl sites for hydroxylation is 2. The number of rotatable bonds is 6. The van der Waals surface area contributed by atoms with Crippen LogP contribution >= 0.6 is 0 Å². The summed E-state index contributed by atoms with van der Waals surface area (Å²) in [4.78, 5) is 15.8. The first kappa shape index (κ1) is 13.7. The molecule has 0 saturated carbocycles. The molecule has 0 bridgehead atoms.